The number of hydrogen-bond donors (Lipinski definition) is 1. The molecule has 1 saturated heterocycles. The van der Waals surface area contributed by atoms with Crippen molar-refractivity contribution in [2.75, 3.05) is 18.0 Å². The van der Waals surface area contributed by atoms with Gasteiger partial charge >= 0.3 is 5.97 Å². The molecule has 132 valence electrons. The fraction of sp³-hybridized carbons (Fsp3) is 0.368. The van der Waals surface area contributed by atoms with Crippen molar-refractivity contribution in [2.45, 2.75) is 12.8 Å². The molecule has 2 fully saturated rings. The van der Waals surface area contributed by atoms with Crippen molar-refractivity contribution in [3.63, 3.8) is 0 Å². The molecule has 2 aromatic heterocycles. The Bertz CT molecular complexity index is 966. The van der Waals surface area contributed by atoms with Crippen molar-refractivity contribution in [1.82, 2.24) is 19.5 Å². The van der Waals surface area contributed by atoms with Gasteiger partial charge in [0.1, 0.15) is 12.7 Å². The number of benzene rings is 1. The number of carbonyl (C=O) groups is 1. The Morgan fingerprint density at radius 2 is 1.88 bits per heavy atom. The summed E-state index contributed by atoms with van der Waals surface area (Å²) in [7, 11) is 0. The van der Waals surface area contributed by atoms with Crippen LogP contribution in [0.1, 0.15) is 12.8 Å². The van der Waals surface area contributed by atoms with E-state index in [9.17, 15) is 9.90 Å². The Labute approximate surface area is 150 Å². The third-order valence-corrected chi connectivity index (χ3v) is 5.56. The Morgan fingerprint density at radius 1 is 1.08 bits per heavy atom. The lowest BCUT2D eigenvalue weighted by Gasteiger charge is -2.17. The van der Waals surface area contributed by atoms with Crippen LogP contribution in [0.2, 0.25) is 0 Å². The maximum absolute atomic E-state index is 11.7. The lowest BCUT2D eigenvalue weighted by Crippen LogP contribution is -2.24. The van der Waals surface area contributed by atoms with E-state index in [1.165, 1.54) is 0 Å². The van der Waals surface area contributed by atoms with Crippen LogP contribution in [0.3, 0.4) is 0 Å². The zero-order chi connectivity index (χ0) is 17.7. The molecular formula is C19H19N5O2. The number of para-hydroxylation sites is 1. The molecule has 5 rings (SSSR count). The fourth-order valence-corrected chi connectivity index (χ4v) is 4.10. The van der Waals surface area contributed by atoms with Gasteiger partial charge in [0.25, 0.3) is 0 Å². The molecule has 3 heterocycles. The number of carboxylic acids is 1. The smallest absolute Gasteiger partial charge is 0.308 e. The number of aliphatic carboxylic acids is 1. The van der Waals surface area contributed by atoms with Crippen molar-refractivity contribution in [1.29, 1.82) is 0 Å². The highest BCUT2D eigenvalue weighted by molar-refractivity contribution is 5.85. The highest BCUT2D eigenvalue weighted by atomic mass is 16.4. The van der Waals surface area contributed by atoms with Crippen LogP contribution in [0.5, 0.6) is 0 Å². The van der Waals surface area contributed by atoms with Crippen molar-refractivity contribution in [3.05, 3.63) is 43.0 Å². The van der Waals surface area contributed by atoms with E-state index >= 15 is 0 Å². The topological polar surface area (TPSA) is 84.1 Å². The zero-order valence-electron chi connectivity index (χ0n) is 14.2. The third-order valence-electron chi connectivity index (χ3n) is 5.56. The Hall–Kier alpha value is -2.96. The third kappa shape index (κ3) is 2.42. The van der Waals surface area contributed by atoms with Gasteiger partial charge in [-0.25, -0.2) is 15.0 Å². The van der Waals surface area contributed by atoms with Crippen LogP contribution < -0.4 is 4.90 Å². The number of fused-ring (bicyclic) bond motifs is 1. The highest BCUT2D eigenvalue weighted by Gasteiger charge is 2.46. The number of nitrogens with zero attached hydrogens (tertiary/aromatic N) is 5. The van der Waals surface area contributed by atoms with Crippen LogP contribution in [-0.4, -0.2) is 43.7 Å². The summed E-state index contributed by atoms with van der Waals surface area (Å²) in [5.41, 5.74) is 2.44. The molecule has 0 amide bonds. The van der Waals surface area contributed by atoms with E-state index in [0.29, 0.717) is 12.5 Å². The number of anilines is 1. The van der Waals surface area contributed by atoms with Gasteiger partial charge in [-0.05, 0) is 36.8 Å². The summed E-state index contributed by atoms with van der Waals surface area (Å²) in [5.74, 6) is 0.446. The van der Waals surface area contributed by atoms with Gasteiger partial charge in [0.15, 0.2) is 17.0 Å². The minimum Gasteiger partial charge on any atom is -0.481 e. The van der Waals surface area contributed by atoms with Crippen molar-refractivity contribution in [3.8, 4) is 5.69 Å². The minimum atomic E-state index is -0.704. The summed E-state index contributed by atoms with van der Waals surface area (Å²) in [5, 5.41) is 9.61. The van der Waals surface area contributed by atoms with Crippen molar-refractivity contribution < 1.29 is 9.90 Å². The van der Waals surface area contributed by atoms with Crippen LogP contribution >= 0.6 is 0 Å². The van der Waals surface area contributed by atoms with Gasteiger partial charge in [-0.3, -0.25) is 9.36 Å². The van der Waals surface area contributed by atoms with E-state index in [2.05, 4.69) is 19.9 Å². The molecule has 2 aliphatic rings. The molecule has 1 aromatic carbocycles. The van der Waals surface area contributed by atoms with Crippen LogP contribution in [0.25, 0.3) is 16.9 Å². The maximum Gasteiger partial charge on any atom is 0.308 e. The first kappa shape index (κ1) is 15.3. The van der Waals surface area contributed by atoms with Crippen molar-refractivity contribution >= 4 is 23.0 Å². The molecule has 1 saturated carbocycles. The second-order valence-electron chi connectivity index (χ2n) is 7.17. The number of carboxylic acid groups (broad SMARTS) is 1. The number of hydrogen-bond acceptors (Lipinski definition) is 5. The van der Waals surface area contributed by atoms with Gasteiger partial charge in [0, 0.05) is 18.8 Å². The minimum absolute atomic E-state index is 0.203. The molecule has 1 aliphatic carbocycles. The molecule has 0 spiro atoms. The van der Waals surface area contributed by atoms with Gasteiger partial charge in [0.05, 0.1) is 5.92 Å². The molecule has 1 aliphatic heterocycles. The summed E-state index contributed by atoms with van der Waals surface area (Å²) in [6, 6.07) is 9.92. The zero-order valence-corrected chi connectivity index (χ0v) is 14.2. The first-order valence-electron chi connectivity index (χ1n) is 8.93. The predicted molar refractivity (Wildman–Crippen MR) is 96.2 cm³/mol. The molecule has 26 heavy (non-hydrogen) atoms. The maximum atomic E-state index is 11.7. The monoisotopic (exact) mass is 349 g/mol. The second kappa shape index (κ2) is 5.79. The first-order valence-corrected chi connectivity index (χ1v) is 8.93. The summed E-state index contributed by atoms with van der Waals surface area (Å²) >= 11 is 0. The van der Waals surface area contributed by atoms with Gasteiger partial charge in [0.2, 0.25) is 0 Å². The van der Waals surface area contributed by atoms with Gasteiger partial charge in [-0.1, -0.05) is 18.2 Å². The average Bonchev–Trinajstić information content (AvgIpc) is 3.26. The molecule has 0 bridgehead atoms. The molecule has 3 aromatic rings. The Morgan fingerprint density at radius 3 is 2.62 bits per heavy atom. The van der Waals surface area contributed by atoms with Gasteiger partial charge in [-0.15, -0.1) is 0 Å². The normalized spacial score (nSPS) is 22.8. The molecule has 7 heteroatoms. The number of rotatable bonds is 4. The summed E-state index contributed by atoms with van der Waals surface area (Å²) in [6.45, 7) is 1.22. The van der Waals surface area contributed by atoms with Gasteiger partial charge in [-0.2, -0.15) is 0 Å². The first-order chi connectivity index (χ1) is 12.7. The predicted octanol–water partition coefficient (Wildman–Crippen LogP) is 2.36. The quantitative estimate of drug-likeness (QED) is 0.778. The van der Waals surface area contributed by atoms with Crippen molar-refractivity contribution in [2.24, 2.45) is 17.8 Å². The fourth-order valence-electron chi connectivity index (χ4n) is 4.10. The number of imidazole rings is 1. The van der Waals surface area contributed by atoms with E-state index in [0.717, 1.165) is 42.1 Å². The summed E-state index contributed by atoms with van der Waals surface area (Å²) in [4.78, 5) is 27.2. The lowest BCUT2D eigenvalue weighted by atomic mass is 9.92. The largest absolute Gasteiger partial charge is 0.481 e. The lowest BCUT2D eigenvalue weighted by molar-refractivity contribution is -0.142. The van der Waals surface area contributed by atoms with Gasteiger partial charge < -0.3 is 10.0 Å². The van der Waals surface area contributed by atoms with Crippen LogP contribution in [-0.2, 0) is 4.79 Å². The molecule has 7 nitrogen and oxygen atoms in total. The highest BCUT2D eigenvalue weighted by Crippen LogP contribution is 2.45. The van der Waals surface area contributed by atoms with E-state index in [4.69, 9.17) is 0 Å². The van der Waals surface area contributed by atoms with Crippen LogP contribution in [0.4, 0.5) is 5.82 Å². The average molecular weight is 349 g/mol. The molecule has 0 radical (unpaired) electrons. The van der Waals surface area contributed by atoms with E-state index in [1.807, 2.05) is 34.9 Å². The van der Waals surface area contributed by atoms with E-state index < -0.39 is 5.97 Å². The summed E-state index contributed by atoms with van der Waals surface area (Å²) in [6.07, 6.45) is 5.58. The van der Waals surface area contributed by atoms with E-state index in [-0.39, 0.29) is 11.8 Å². The molecule has 1 N–H and O–H groups in total. The Kier molecular flexibility index (Phi) is 3.41. The van der Waals surface area contributed by atoms with Crippen LogP contribution in [0.15, 0.2) is 43.0 Å². The van der Waals surface area contributed by atoms with Crippen LogP contribution in [0, 0.1) is 17.8 Å². The Balaban J connectivity index is 1.54. The molecule has 2 atom stereocenters. The standard InChI is InChI=1S/C19H19N5O2/c25-19(26)15-9-23(8-14(15)12-6-7-12)17-16-18(21-10-20-17)24(11-22-16)13-4-2-1-3-5-13/h1-5,10-12,14-15H,6-9H2,(H,25,26)/t14-,15+/m0/s1. The number of aromatic nitrogens is 4. The molecular weight excluding hydrogens is 330 g/mol. The molecule has 0 unspecified atom stereocenters. The SMILES string of the molecule is O=C(O)[C@@H]1CN(c2ncnc3c2ncn3-c2ccccc2)C[C@H]1C1CC1. The second-order valence-corrected chi connectivity index (χ2v) is 7.17. The van der Waals surface area contributed by atoms with E-state index in [1.54, 1.807) is 12.7 Å². The summed E-state index contributed by atoms with van der Waals surface area (Å²) < 4.78 is 1.93.